The predicted molar refractivity (Wildman–Crippen MR) is 283 cm³/mol. The number of fused-ring (bicyclic) bond motifs is 2. The molecule has 66 heavy (non-hydrogen) atoms. The molecule has 346 valence electrons. The fraction of sp³-hybridized carbons (Fsp3) is 0.367. The standard InChI is InChI=1S/C38H56N2.2C11H10N2/c1-28(24-35(26-33-18-8-6-9-19-33)31(4)39-37-22-14-12-16-29(37)2)25-36(27-34-20-10-7-11-21-34)32(5)40-38-23-15-13-17-30(38)3;2*1-8(12)10-7-6-9-4-2-3-5-11(9)13-10/h6-11,18-21,28-30,35-40H,4-5,12-17,22-27H2,1-3H3;2*2-7H,1,12H2. The van der Waals surface area contributed by atoms with Gasteiger partial charge < -0.3 is 22.1 Å². The van der Waals surface area contributed by atoms with Crippen molar-refractivity contribution >= 4 is 33.2 Å². The first-order valence-electron chi connectivity index (χ1n) is 24.5. The third-order valence-corrected chi connectivity index (χ3v) is 13.8. The van der Waals surface area contributed by atoms with E-state index in [1.54, 1.807) is 0 Å². The highest BCUT2D eigenvalue weighted by Gasteiger charge is 2.28. The van der Waals surface area contributed by atoms with Crippen LogP contribution in [0.5, 0.6) is 0 Å². The van der Waals surface area contributed by atoms with E-state index in [0.29, 0.717) is 41.2 Å². The van der Waals surface area contributed by atoms with Crippen molar-refractivity contribution in [3.8, 4) is 0 Å². The summed E-state index contributed by atoms with van der Waals surface area (Å²) >= 11 is 0. The van der Waals surface area contributed by atoms with Crippen LogP contribution in [-0.2, 0) is 12.8 Å². The Balaban J connectivity index is 0.000000221. The van der Waals surface area contributed by atoms with Crippen molar-refractivity contribution in [2.75, 3.05) is 0 Å². The minimum atomic E-state index is 0.434. The molecule has 8 rings (SSSR count). The number of benzene rings is 4. The lowest BCUT2D eigenvalue weighted by Crippen LogP contribution is -2.39. The van der Waals surface area contributed by atoms with E-state index in [4.69, 9.17) is 11.5 Å². The summed E-state index contributed by atoms with van der Waals surface area (Å²) in [6.07, 6.45) is 15.1. The van der Waals surface area contributed by atoms with Crippen molar-refractivity contribution in [3.63, 3.8) is 0 Å². The van der Waals surface area contributed by atoms with Gasteiger partial charge in [0.2, 0.25) is 0 Å². The molecule has 6 unspecified atom stereocenters. The molecule has 2 heterocycles. The molecule has 2 aliphatic rings. The van der Waals surface area contributed by atoms with Gasteiger partial charge in [0, 0.05) is 46.1 Å². The Bertz CT molecular complexity index is 2300. The van der Waals surface area contributed by atoms with E-state index in [1.165, 1.54) is 73.9 Å². The second-order valence-electron chi connectivity index (χ2n) is 19.3. The topological polar surface area (TPSA) is 102 Å². The Hall–Kier alpha value is -6.14. The lowest BCUT2D eigenvalue weighted by atomic mass is 9.80. The van der Waals surface area contributed by atoms with Gasteiger partial charge in [-0.05, 0) is 105 Å². The van der Waals surface area contributed by atoms with Gasteiger partial charge in [-0.25, -0.2) is 9.97 Å². The van der Waals surface area contributed by atoms with Gasteiger partial charge in [-0.15, -0.1) is 0 Å². The molecule has 6 N–H and O–H groups in total. The third kappa shape index (κ3) is 15.0. The normalized spacial score (nSPS) is 19.4. The van der Waals surface area contributed by atoms with E-state index >= 15 is 0 Å². The van der Waals surface area contributed by atoms with Gasteiger partial charge in [0.05, 0.1) is 33.8 Å². The smallest absolute Gasteiger partial charge is 0.0860 e. The summed E-state index contributed by atoms with van der Waals surface area (Å²) in [6.45, 7) is 23.9. The summed E-state index contributed by atoms with van der Waals surface area (Å²) < 4.78 is 0. The molecule has 2 saturated carbocycles. The van der Waals surface area contributed by atoms with Crippen LogP contribution >= 0.6 is 0 Å². The maximum atomic E-state index is 5.55. The molecule has 0 aliphatic heterocycles. The summed E-state index contributed by atoms with van der Waals surface area (Å²) in [5.41, 5.74) is 20.8. The van der Waals surface area contributed by atoms with Crippen LogP contribution in [0.3, 0.4) is 0 Å². The highest BCUT2D eigenvalue weighted by molar-refractivity contribution is 5.81. The maximum Gasteiger partial charge on any atom is 0.0860 e. The molecule has 4 aromatic carbocycles. The zero-order chi connectivity index (χ0) is 46.8. The molecule has 6 nitrogen and oxygen atoms in total. The zero-order valence-electron chi connectivity index (χ0n) is 40.1. The first kappa shape index (κ1) is 49.3. The monoisotopic (exact) mass is 881 g/mol. The second kappa shape index (κ2) is 25.0. The maximum absolute atomic E-state index is 5.55. The molecule has 6 heteroatoms. The van der Waals surface area contributed by atoms with Crippen LogP contribution in [0.2, 0.25) is 0 Å². The van der Waals surface area contributed by atoms with Crippen LogP contribution in [0.4, 0.5) is 0 Å². The number of hydrogen-bond acceptors (Lipinski definition) is 6. The van der Waals surface area contributed by atoms with Crippen molar-refractivity contribution in [1.29, 1.82) is 0 Å². The minimum absolute atomic E-state index is 0.434. The number of rotatable bonds is 16. The first-order chi connectivity index (χ1) is 31.9. The number of nitrogens with two attached hydrogens (primary N) is 2. The Morgan fingerprint density at radius 2 is 0.879 bits per heavy atom. The molecule has 0 amide bonds. The van der Waals surface area contributed by atoms with Gasteiger partial charge in [0.1, 0.15) is 0 Å². The van der Waals surface area contributed by atoms with Gasteiger partial charge in [-0.2, -0.15) is 0 Å². The fourth-order valence-electron chi connectivity index (χ4n) is 9.83. The van der Waals surface area contributed by atoms with E-state index in [-0.39, 0.29) is 0 Å². The summed E-state index contributed by atoms with van der Waals surface area (Å²) in [6, 6.07) is 46.8. The molecule has 0 bridgehead atoms. The summed E-state index contributed by atoms with van der Waals surface area (Å²) in [4.78, 5) is 8.70. The Morgan fingerprint density at radius 1 is 0.515 bits per heavy atom. The summed E-state index contributed by atoms with van der Waals surface area (Å²) in [7, 11) is 0. The third-order valence-electron chi connectivity index (χ3n) is 13.8. The second-order valence-corrected chi connectivity index (χ2v) is 19.3. The van der Waals surface area contributed by atoms with Gasteiger partial charge >= 0.3 is 0 Å². The van der Waals surface area contributed by atoms with Crippen molar-refractivity contribution in [2.24, 2.45) is 41.1 Å². The van der Waals surface area contributed by atoms with E-state index in [0.717, 1.165) is 70.7 Å². The van der Waals surface area contributed by atoms with Gasteiger partial charge in [0.15, 0.2) is 0 Å². The van der Waals surface area contributed by atoms with Gasteiger partial charge in [-0.3, -0.25) is 0 Å². The molecule has 6 aromatic rings. The van der Waals surface area contributed by atoms with Crippen molar-refractivity contribution in [2.45, 2.75) is 110 Å². The molecule has 0 spiro atoms. The summed E-state index contributed by atoms with van der Waals surface area (Å²) in [5, 5.41) is 10.1. The van der Waals surface area contributed by atoms with Crippen LogP contribution in [0.15, 0.2) is 171 Å². The fourth-order valence-corrected chi connectivity index (χ4v) is 9.83. The molecule has 0 radical (unpaired) electrons. The number of aromatic nitrogens is 2. The van der Waals surface area contributed by atoms with Crippen LogP contribution in [0.1, 0.15) is 107 Å². The minimum Gasteiger partial charge on any atom is -0.397 e. The average molecular weight is 881 g/mol. The molecule has 0 saturated heterocycles. The van der Waals surface area contributed by atoms with Gasteiger partial charge in [-0.1, -0.05) is 182 Å². The SMILES string of the molecule is C=C(N)c1ccc2ccccc2n1.C=C(N)c1ccc2ccccc2n1.C=C(NC1CCCCC1C)C(Cc1ccccc1)CC(C)CC(Cc1ccccc1)C(=C)NC1CCCCC1C. The molecule has 2 fully saturated rings. The first-order valence-corrected chi connectivity index (χ1v) is 24.5. The Morgan fingerprint density at radius 3 is 1.26 bits per heavy atom. The largest absolute Gasteiger partial charge is 0.397 e. The molecular weight excluding hydrogens is 805 g/mol. The van der Waals surface area contributed by atoms with Crippen LogP contribution in [0.25, 0.3) is 33.2 Å². The van der Waals surface area contributed by atoms with Crippen molar-refractivity contribution in [3.05, 3.63) is 194 Å². The zero-order valence-corrected chi connectivity index (χ0v) is 40.1. The average Bonchev–Trinajstić information content (AvgIpc) is 3.33. The number of hydrogen-bond donors (Lipinski definition) is 4. The molecule has 2 aliphatic carbocycles. The molecule has 6 atom stereocenters. The van der Waals surface area contributed by atoms with E-state index in [2.05, 4.69) is 128 Å². The molecule has 2 aromatic heterocycles. The summed E-state index contributed by atoms with van der Waals surface area (Å²) in [5.74, 6) is 2.90. The van der Waals surface area contributed by atoms with Crippen LogP contribution in [0, 0.1) is 29.6 Å². The van der Waals surface area contributed by atoms with E-state index in [9.17, 15) is 0 Å². The number of pyridine rings is 2. The lowest BCUT2D eigenvalue weighted by molar-refractivity contribution is 0.270. The molecular formula is C60H76N6. The van der Waals surface area contributed by atoms with Crippen LogP contribution in [-0.4, -0.2) is 22.1 Å². The van der Waals surface area contributed by atoms with E-state index < -0.39 is 0 Å². The quantitative estimate of drug-likeness (QED) is 0.0772. The van der Waals surface area contributed by atoms with Crippen molar-refractivity contribution in [1.82, 2.24) is 20.6 Å². The lowest BCUT2D eigenvalue weighted by Gasteiger charge is -2.35. The number of nitrogens with zero attached hydrogens (tertiary/aromatic N) is 2. The highest BCUT2D eigenvalue weighted by atomic mass is 14.9. The Kier molecular flexibility index (Phi) is 18.6. The van der Waals surface area contributed by atoms with E-state index in [1.807, 2.05) is 72.8 Å². The van der Waals surface area contributed by atoms with Crippen molar-refractivity contribution < 1.29 is 0 Å². The number of allylic oxidation sites excluding steroid dienone is 2. The van der Waals surface area contributed by atoms with Gasteiger partial charge in [0.25, 0.3) is 0 Å². The highest BCUT2D eigenvalue weighted by Crippen LogP contribution is 2.33. The predicted octanol–water partition coefficient (Wildman–Crippen LogP) is 13.8. The Labute approximate surface area is 396 Å². The number of nitrogens with one attached hydrogen (secondary N) is 2. The van der Waals surface area contributed by atoms with Crippen LogP contribution < -0.4 is 22.1 Å². The number of para-hydroxylation sites is 2.